The second kappa shape index (κ2) is 4.09. The molecule has 2 rings (SSSR count). The number of hydrogen-bond acceptors (Lipinski definition) is 4. The van der Waals surface area contributed by atoms with E-state index in [1.807, 2.05) is 27.0 Å². The molecule has 0 saturated carbocycles. The van der Waals surface area contributed by atoms with Crippen molar-refractivity contribution in [2.45, 2.75) is 13.8 Å². The van der Waals surface area contributed by atoms with Gasteiger partial charge in [-0.3, -0.25) is 0 Å². The van der Waals surface area contributed by atoms with Gasteiger partial charge in [-0.25, -0.2) is 14.6 Å². The molecule has 2 heterocycles. The summed E-state index contributed by atoms with van der Waals surface area (Å²) in [5, 5.41) is 7.86. The summed E-state index contributed by atoms with van der Waals surface area (Å²) < 4.78 is 1.65. The van der Waals surface area contributed by atoms with Crippen molar-refractivity contribution in [1.82, 2.24) is 19.7 Å². The van der Waals surface area contributed by atoms with E-state index in [9.17, 15) is 0 Å². The van der Waals surface area contributed by atoms with E-state index in [4.69, 9.17) is 11.6 Å². The molecule has 0 amide bonds. The predicted molar refractivity (Wildman–Crippen MR) is 63.2 cm³/mol. The van der Waals surface area contributed by atoms with Crippen molar-refractivity contribution in [1.29, 1.82) is 0 Å². The average molecular weight is 238 g/mol. The normalized spacial score (nSPS) is 10.5. The van der Waals surface area contributed by atoms with Crippen LogP contribution in [0.1, 0.15) is 11.5 Å². The SMILES string of the molecule is CNc1cc(-n2cc(Cl)c(C)n2)nc(C)n1. The van der Waals surface area contributed by atoms with E-state index in [0.29, 0.717) is 16.7 Å². The minimum Gasteiger partial charge on any atom is -0.373 e. The summed E-state index contributed by atoms with van der Waals surface area (Å²) in [7, 11) is 1.81. The molecule has 0 aromatic carbocycles. The van der Waals surface area contributed by atoms with Crippen LogP contribution in [0.15, 0.2) is 12.3 Å². The highest BCUT2D eigenvalue weighted by Crippen LogP contribution is 2.16. The lowest BCUT2D eigenvalue weighted by Gasteiger charge is -2.04. The molecule has 0 fully saturated rings. The van der Waals surface area contributed by atoms with E-state index in [0.717, 1.165) is 11.5 Å². The molecular formula is C10H12ClN5. The van der Waals surface area contributed by atoms with Crippen LogP contribution in [-0.4, -0.2) is 26.8 Å². The van der Waals surface area contributed by atoms with Gasteiger partial charge < -0.3 is 5.32 Å². The minimum atomic E-state index is 0.627. The van der Waals surface area contributed by atoms with Crippen LogP contribution in [0.4, 0.5) is 5.82 Å². The Morgan fingerprint density at radius 1 is 1.31 bits per heavy atom. The standard InChI is InChI=1S/C10H12ClN5/c1-6-8(11)5-16(15-6)10-4-9(12-3)13-7(2)14-10/h4-5H,1-3H3,(H,12,13,14). The highest BCUT2D eigenvalue weighted by atomic mass is 35.5. The topological polar surface area (TPSA) is 55.6 Å². The van der Waals surface area contributed by atoms with Gasteiger partial charge in [0.1, 0.15) is 11.6 Å². The quantitative estimate of drug-likeness (QED) is 0.868. The number of anilines is 1. The first kappa shape index (κ1) is 10.9. The van der Waals surface area contributed by atoms with Gasteiger partial charge in [0.15, 0.2) is 5.82 Å². The zero-order valence-electron chi connectivity index (χ0n) is 9.32. The second-order valence-corrected chi connectivity index (χ2v) is 3.82. The first-order valence-electron chi connectivity index (χ1n) is 4.85. The monoisotopic (exact) mass is 237 g/mol. The first-order chi connectivity index (χ1) is 7.60. The lowest BCUT2D eigenvalue weighted by molar-refractivity contribution is 0.817. The molecule has 0 aliphatic carbocycles. The molecule has 0 spiro atoms. The van der Waals surface area contributed by atoms with Crippen molar-refractivity contribution < 1.29 is 0 Å². The molecule has 0 unspecified atom stereocenters. The zero-order chi connectivity index (χ0) is 11.7. The maximum absolute atomic E-state index is 5.95. The Labute approximate surface area is 98.5 Å². The number of nitrogens with zero attached hydrogens (tertiary/aromatic N) is 4. The summed E-state index contributed by atoms with van der Waals surface area (Å²) in [6.07, 6.45) is 1.73. The number of rotatable bonds is 2. The molecule has 2 aromatic heterocycles. The predicted octanol–water partition coefficient (Wildman–Crippen LogP) is 1.97. The van der Waals surface area contributed by atoms with Crippen LogP contribution in [0.2, 0.25) is 5.02 Å². The molecule has 16 heavy (non-hydrogen) atoms. The van der Waals surface area contributed by atoms with E-state index >= 15 is 0 Å². The summed E-state index contributed by atoms with van der Waals surface area (Å²) >= 11 is 5.95. The number of aryl methyl sites for hydroxylation is 2. The Morgan fingerprint density at radius 3 is 2.62 bits per heavy atom. The summed E-state index contributed by atoms with van der Waals surface area (Å²) in [6.45, 7) is 3.69. The van der Waals surface area contributed by atoms with Gasteiger partial charge in [-0.15, -0.1) is 0 Å². The summed E-state index contributed by atoms with van der Waals surface area (Å²) in [4.78, 5) is 8.51. The van der Waals surface area contributed by atoms with Gasteiger partial charge in [-0.1, -0.05) is 11.6 Å². The Morgan fingerprint density at radius 2 is 2.06 bits per heavy atom. The van der Waals surface area contributed by atoms with Gasteiger partial charge in [0.25, 0.3) is 0 Å². The van der Waals surface area contributed by atoms with Crippen LogP contribution in [0.5, 0.6) is 0 Å². The molecule has 0 bridgehead atoms. The molecule has 0 aliphatic heterocycles. The molecule has 0 aliphatic rings. The molecule has 0 radical (unpaired) electrons. The molecule has 1 N–H and O–H groups in total. The summed E-state index contributed by atoms with van der Waals surface area (Å²) in [5.74, 6) is 2.14. The number of nitrogens with one attached hydrogen (secondary N) is 1. The molecule has 5 nitrogen and oxygen atoms in total. The molecule has 84 valence electrons. The van der Waals surface area contributed by atoms with E-state index in [1.165, 1.54) is 0 Å². The number of hydrogen-bond donors (Lipinski definition) is 1. The molecule has 2 aromatic rings. The Hall–Kier alpha value is -1.62. The van der Waals surface area contributed by atoms with Crippen molar-refractivity contribution in [3.63, 3.8) is 0 Å². The number of aromatic nitrogens is 4. The van der Waals surface area contributed by atoms with Crippen molar-refractivity contribution >= 4 is 17.4 Å². The van der Waals surface area contributed by atoms with Crippen LogP contribution in [0.3, 0.4) is 0 Å². The lowest BCUT2D eigenvalue weighted by Crippen LogP contribution is -2.04. The van der Waals surface area contributed by atoms with Crippen LogP contribution in [0, 0.1) is 13.8 Å². The van der Waals surface area contributed by atoms with Crippen molar-refractivity contribution in [3.8, 4) is 5.82 Å². The number of halogens is 1. The average Bonchev–Trinajstić information content (AvgIpc) is 2.58. The van der Waals surface area contributed by atoms with Gasteiger partial charge in [0.2, 0.25) is 0 Å². The highest BCUT2D eigenvalue weighted by Gasteiger charge is 2.07. The molecular weight excluding hydrogens is 226 g/mol. The van der Waals surface area contributed by atoms with Gasteiger partial charge in [-0.05, 0) is 13.8 Å². The Balaban J connectivity index is 2.50. The minimum absolute atomic E-state index is 0.627. The molecule has 0 atom stereocenters. The fourth-order valence-electron chi connectivity index (χ4n) is 1.35. The maximum Gasteiger partial charge on any atom is 0.159 e. The molecule has 6 heteroatoms. The van der Waals surface area contributed by atoms with Gasteiger partial charge >= 0.3 is 0 Å². The first-order valence-corrected chi connectivity index (χ1v) is 5.23. The van der Waals surface area contributed by atoms with Crippen molar-refractivity contribution in [2.24, 2.45) is 0 Å². The van der Waals surface area contributed by atoms with Crippen LogP contribution < -0.4 is 5.32 Å². The van der Waals surface area contributed by atoms with Crippen LogP contribution in [-0.2, 0) is 0 Å². The third-order valence-corrected chi connectivity index (χ3v) is 2.53. The molecule has 0 saturated heterocycles. The summed E-state index contributed by atoms with van der Waals surface area (Å²) in [6, 6.07) is 1.82. The van der Waals surface area contributed by atoms with Crippen LogP contribution >= 0.6 is 11.6 Å². The smallest absolute Gasteiger partial charge is 0.159 e. The zero-order valence-corrected chi connectivity index (χ0v) is 10.1. The van der Waals surface area contributed by atoms with E-state index in [1.54, 1.807) is 10.9 Å². The highest BCUT2D eigenvalue weighted by molar-refractivity contribution is 6.31. The van der Waals surface area contributed by atoms with Gasteiger partial charge in [-0.2, -0.15) is 5.10 Å². The van der Waals surface area contributed by atoms with E-state index in [2.05, 4.69) is 20.4 Å². The van der Waals surface area contributed by atoms with Gasteiger partial charge in [0.05, 0.1) is 16.9 Å². The largest absolute Gasteiger partial charge is 0.373 e. The third kappa shape index (κ3) is 1.99. The van der Waals surface area contributed by atoms with E-state index in [-0.39, 0.29) is 0 Å². The third-order valence-electron chi connectivity index (χ3n) is 2.15. The van der Waals surface area contributed by atoms with Crippen molar-refractivity contribution in [3.05, 3.63) is 28.8 Å². The Bertz CT molecular complexity index is 500. The van der Waals surface area contributed by atoms with Crippen molar-refractivity contribution in [2.75, 3.05) is 12.4 Å². The van der Waals surface area contributed by atoms with E-state index < -0.39 is 0 Å². The Kier molecular flexibility index (Phi) is 2.78. The van der Waals surface area contributed by atoms with Gasteiger partial charge in [0, 0.05) is 13.1 Å². The van der Waals surface area contributed by atoms with Crippen LogP contribution in [0.25, 0.3) is 5.82 Å². The fourth-order valence-corrected chi connectivity index (χ4v) is 1.48. The maximum atomic E-state index is 5.95. The second-order valence-electron chi connectivity index (χ2n) is 3.42. The lowest BCUT2D eigenvalue weighted by atomic mass is 10.5. The summed E-state index contributed by atoms with van der Waals surface area (Å²) in [5.41, 5.74) is 0.781. The fraction of sp³-hybridized carbons (Fsp3) is 0.300.